The van der Waals surface area contributed by atoms with E-state index >= 15 is 0 Å². The number of likely N-dealkylation sites (tertiary alicyclic amines) is 1. The Morgan fingerprint density at radius 1 is 1.05 bits per heavy atom. The fourth-order valence-electron chi connectivity index (χ4n) is 2.99. The van der Waals surface area contributed by atoms with Gasteiger partial charge in [0.1, 0.15) is 0 Å². The second-order valence-electron chi connectivity index (χ2n) is 6.09. The molecule has 0 aromatic carbocycles. The zero-order valence-electron chi connectivity index (χ0n) is 12.1. The molecule has 2 saturated heterocycles. The predicted molar refractivity (Wildman–Crippen MR) is 77.7 cm³/mol. The highest BCUT2D eigenvalue weighted by molar-refractivity contribution is 7.88. The third kappa shape index (κ3) is 4.70. The van der Waals surface area contributed by atoms with E-state index in [0.29, 0.717) is 19.1 Å². The largest absolute Gasteiger partial charge is 0.314 e. The summed E-state index contributed by atoms with van der Waals surface area (Å²) in [5.74, 6) is 0.795. The lowest BCUT2D eigenvalue weighted by Crippen LogP contribution is -2.46. The highest BCUT2D eigenvalue weighted by Crippen LogP contribution is 2.17. The maximum absolute atomic E-state index is 11.4. The van der Waals surface area contributed by atoms with Crippen LogP contribution in [-0.4, -0.2) is 69.7 Å². The maximum Gasteiger partial charge on any atom is 0.211 e. The summed E-state index contributed by atoms with van der Waals surface area (Å²) < 4.78 is 24.5. The third-order valence-corrected chi connectivity index (χ3v) is 5.76. The number of hydrogen-bond acceptors (Lipinski definition) is 4. The molecule has 0 aromatic heterocycles. The van der Waals surface area contributed by atoms with Crippen LogP contribution in [-0.2, 0) is 10.0 Å². The Morgan fingerprint density at radius 2 is 1.63 bits per heavy atom. The first kappa shape index (κ1) is 15.2. The van der Waals surface area contributed by atoms with Crippen LogP contribution in [0.2, 0.25) is 0 Å². The molecule has 2 heterocycles. The summed E-state index contributed by atoms with van der Waals surface area (Å²) in [6.45, 7) is 4.85. The molecule has 0 saturated carbocycles. The zero-order chi connectivity index (χ0) is 13.9. The molecule has 2 aliphatic rings. The van der Waals surface area contributed by atoms with Crippen molar-refractivity contribution in [2.24, 2.45) is 5.92 Å². The van der Waals surface area contributed by atoms with Gasteiger partial charge in [0.05, 0.1) is 6.26 Å². The molecule has 0 spiro atoms. The van der Waals surface area contributed by atoms with Gasteiger partial charge in [0, 0.05) is 19.1 Å². The van der Waals surface area contributed by atoms with E-state index in [-0.39, 0.29) is 0 Å². The van der Waals surface area contributed by atoms with Crippen molar-refractivity contribution in [1.82, 2.24) is 14.5 Å². The van der Waals surface area contributed by atoms with Crippen LogP contribution in [0.3, 0.4) is 0 Å². The van der Waals surface area contributed by atoms with Crippen molar-refractivity contribution < 1.29 is 8.42 Å². The van der Waals surface area contributed by atoms with Crippen LogP contribution in [0.25, 0.3) is 0 Å². The van der Waals surface area contributed by atoms with E-state index < -0.39 is 10.0 Å². The monoisotopic (exact) mass is 289 g/mol. The van der Waals surface area contributed by atoms with Gasteiger partial charge in [-0.2, -0.15) is 0 Å². The van der Waals surface area contributed by atoms with Crippen LogP contribution in [0.5, 0.6) is 0 Å². The molecule has 2 aliphatic heterocycles. The standard InChI is InChI=1S/C13H27N3O2S/c1-15-7-3-12(4-8-15)11-14-13-5-9-16(10-6-13)19(2,17)18/h12-14H,3-11H2,1-2H3. The van der Waals surface area contributed by atoms with Crippen molar-refractivity contribution in [3.05, 3.63) is 0 Å². The minimum absolute atomic E-state index is 0.498. The van der Waals surface area contributed by atoms with Gasteiger partial charge < -0.3 is 10.2 Å². The normalized spacial score (nSPS) is 25.8. The van der Waals surface area contributed by atoms with E-state index in [9.17, 15) is 8.42 Å². The number of sulfonamides is 1. The van der Waals surface area contributed by atoms with Crippen LogP contribution in [0.4, 0.5) is 0 Å². The van der Waals surface area contributed by atoms with Crippen LogP contribution in [0.1, 0.15) is 25.7 Å². The van der Waals surface area contributed by atoms with Gasteiger partial charge in [0.25, 0.3) is 0 Å². The minimum Gasteiger partial charge on any atom is -0.314 e. The van der Waals surface area contributed by atoms with E-state index in [1.165, 1.54) is 32.2 Å². The summed E-state index contributed by atoms with van der Waals surface area (Å²) >= 11 is 0. The molecule has 1 N–H and O–H groups in total. The van der Waals surface area contributed by atoms with Crippen LogP contribution in [0, 0.1) is 5.92 Å². The Labute approximate surface area is 117 Å². The van der Waals surface area contributed by atoms with Gasteiger partial charge in [-0.25, -0.2) is 12.7 Å². The molecular formula is C13H27N3O2S. The molecule has 0 amide bonds. The molecule has 2 fully saturated rings. The highest BCUT2D eigenvalue weighted by Gasteiger charge is 2.25. The Balaban J connectivity index is 1.66. The number of rotatable bonds is 4. The smallest absolute Gasteiger partial charge is 0.211 e. The molecular weight excluding hydrogens is 262 g/mol. The highest BCUT2D eigenvalue weighted by atomic mass is 32.2. The minimum atomic E-state index is -2.99. The average molecular weight is 289 g/mol. The van der Waals surface area contributed by atoms with Gasteiger partial charge in [-0.1, -0.05) is 0 Å². The summed E-state index contributed by atoms with van der Waals surface area (Å²) in [5, 5.41) is 3.64. The van der Waals surface area contributed by atoms with Crippen molar-refractivity contribution in [2.45, 2.75) is 31.7 Å². The van der Waals surface area contributed by atoms with Crippen molar-refractivity contribution in [3.8, 4) is 0 Å². The topological polar surface area (TPSA) is 52.6 Å². The third-order valence-electron chi connectivity index (χ3n) is 4.46. The van der Waals surface area contributed by atoms with Gasteiger partial charge in [-0.15, -0.1) is 0 Å². The fraction of sp³-hybridized carbons (Fsp3) is 1.00. The Bertz CT molecular complexity index is 369. The molecule has 0 unspecified atom stereocenters. The molecule has 0 bridgehead atoms. The number of nitrogens with one attached hydrogen (secondary N) is 1. The first-order valence-corrected chi connectivity index (χ1v) is 9.17. The van der Waals surface area contributed by atoms with Crippen molar-refractivity contribution in [2.75, 3.05) is 46.0 Å². The van der Waals surface area contributed by atoms with E-state index in [4.69, 9.17) is 0 Å². The molecule has 112 valence electrons. The van der Waals surface area contributed by atoms with Crippen molar-refractivity contribution in [1.29, 1.82) is 0 Å². The first-order chi connectivity index (χ1) is 8.95. The second-order valence-corrected chi connectivity index (χ2v) is 8.07. The zero-order valence-corrected chi connectivity index (χ0v) is 13.0. The lowest BCUT2D eigenvalue weighted by Gasteiger charge is -2.33. The molecule has 0 atom stereocenters. The lowest BCUT2D eigenvalue weighted by molar-refractivity contribution is 0.205. The lowest BCUT2D eigenvalue weighted by atomic mass is 9.96. The summed E-state index contributed by atoms with van der Waals surface area (Å²) in [5.41, 5.74) is 0. The van der Waals surface area contributed by atoms with Gasteiger partial charge in [-0.3, -0.25) is 0 Å². The Morgan fingerprint density at radius 3 is 2.16 bits per heavy atom. The molecule has 0 aliphatic carbocycles. The summed E-state index contributed by atoms with van der Waals surface area (Å²) in [7, 11) is -0.806. The van der Waals surface area contributed by atoms with Gasteiger partial charge >= 0.3 is 0 Å². The van der Waals surface area contributed by atoms with E-state index in [2.05, 4.69) is 17.3 Å². The SMILES string of the molecule is CN1CCC(CNC2CCN(S(C)(=O)=O)CC2)CC1. The molecule has 0 aromatic rings. The molecule has 6 heteroatoms. The molecule has 5 nitrogen and oxygen atoms in total. The van der Waals surface area contributed by atoms with Gasteiger partial charge in [0.2, 0.25) is 10.0 Å². The Hall–Kier alpha value is -0.170. The summed E-state index contributed by atoms with van der Waals surface area (Å²) in [6, 6.07) is 0.498. The molecule has 0 radical (unpaired) electrons. The van der Waals surface area contributed by atoms with Crippen LogP contribution in [0.15, 0.2) is 0 Å². The van der Waals surface area contributed by atoms with E-state index in [1.54, 1.807) is 4.31 Å². The second kappa shape index (κ2) is 6.52. The molecule has 2 rings (SSSR count). The quantitative estimate of drug-likeness (QED) is 0.811. The van der Waals surface area contributed by atoms with E-state index in [1.807, 2.05) is 0 Å². The molecule has 19 heavy (non-hydrogen) atoms. The predicted octanol–water partition coefficient (Wildman–Crippen LogP) is 0.342. The van der Waals surface area contributed by atoms with Gasteiger partial charge in [-0.05, 0) is 58.3 Å². The number of hydrogen-bond donors (Lipinski definition) is 1. The number of piperidine rings is 2. The van der Waals surface area contributed by atoms with Crippen LogP contribution >= 0.6 is 0 Å². The van der Waals surface area contributed by atoms with Crippen LogP contribution < -0.4 is 5.32 Å². The Kier molecular flexibility index (Phi) is 5.22. The summed E-state index contributed by atoms with van der Waals surface area (Å²) in [4.78, 5) is 2.39. The average Bonchev–Trinajstić information content (AvgIpc) is 2.37. The fourth-order valence-corrected chi connectivity index (χ4v) is 3.87. The maximum atomic E-state index is 11.4. The first-order valence-electron chi connectivity index (χ1n) is 7.32. The van der Waals surface area contributed by atoms with Crippen molar-refractivity contribution in [3.63, 3.8) is 0 Å². The van der Waals surface area contributed by atoms with Crippen molar-refractivity contribution >= 4 is 10.0 Å². The van der Waals surface area contributed by atoms with E-state index in [0.717, 1.165) is 25.3 Å². The summed E-state index contributed by atoms with van der Waals surface area (Å²) in [6.07, 6.45) is 5.76. The number of nitrogens with zero attached hydrogens (tertiary/aromatic N) is 2. The van der Waals surface area contributed by atoms with Gasteiger partial charge in [0.15, 0.2) is 0 Å².